The number of aryl methyl sites for hydroxylation is 1. The quantitative estimate of drug-likeness (QED) is 0.420. The molecule has 0 saturated heterocycles. The fourth-order valence-electron chi connectivity index (χ4n) is 1.83. The SMILES string of the molecule is COC(=O)/C=C/c1ccc(OCCCCC(=O)OC)c(C)c1. The summed E-state index contributed by atoms with van der Waals surface area (Å²) in [6, 6.07) is 5.67. The number of esters is 2. The smallest absolute Gasteiger partial charge is 0.330 e. The number of methoxy groups -OCH3 is 2. The minimum Gasteiger partial charge on any atom is -0.493 e. The predicted octanol–water partition coefficient (Wildman–Crippen LogP) is 2.90. The zero-order chi connectivity index (χ0) is 16.4. The number of rotatable bonds is 8. The molecule has 0 saturated carbocycles. The Labute approximate surface area is 130 Å². The van der Waals surface area contributed by atoms with Crippen LogP contribution in [0.1, 0.15) is 30.4 Å². The van der Waals surface area contributed by atoms with Crippen molar-refractivity contribution in [1.29, 1.82) is 0 Å². The highest BCUT2D eigenvalue weighted by atomic mass is 16.5. The van der Waals surface area contributed by atoms with E-state index in [1.54, 1.807) is 6.08 Å². The number of carbonyl (C=O) groups excluding carboxylic acids is 2. The van der Waals surface area contributed by atoms with E-state index >= 15 is 0 Å². The molecule has 0 bridgehead atoms. The highest BCUT2D eigenvalue weighted by Crippen LogP contribution is 2.20. The number of hydrogen-bond donors (Lipinski definition) is 0. The Bertz CT molecular complexity index is 534. The Morgan fingerprint density at radius 2 is 1.91 bits per heavy atom. The molecule has 1 aromatic carbocycles. The fraction of sp³-hybridized carbons (Fsp3) is 0.412. The van der Waals surface area contributed by atoms with E-state index < -0.39 is 0 Å². The first-order valence-corrected chi connectivity index (χ1v) is 7.13. The maximum atomic E-state index is 11.0. The van der Waals surface area contributed by atoms with Gasteiger partial charge in [-0.25, -0.2) is 4.79 Å². The van der Waals surface area contributed by atoms with E-state index in [9.17, 15) is 9.59 Å². The van der Waals surface area contributed by atoms with Gasteiger partial charge in [-0.1, -0.05) is 6.07 Å². The predicted molar refractivity (Wildman–Crippen MR) is 83.6 cm³/mol. The van der Waals surface area contributed by atoms with Crippen molar-refractivity contribution in [1.82, 2.24) is 0 Å². The molecule has 120 valence electrons. The lowest BCUT2D eigenvalue weighted by Crippen LogP contribution is -2.03. The number of carbonyl (C=O) groups is 2. The van der Waals surface area contributed by atoms with Gasteiger partial charge in [0.1, 0.15) is 5.75 Å². The Kier molecular flexibility index (Phi) is 7.75. The van der Waals surface area contributed by atoms with Gasteiger partial charge < -0.3 is 14.2 Å². The van der Waals surface area contributed by atoms with Crippen molar-refractivity contribution in [3.63, 3.8) is 0 Å². The largest absolute Gasteiger partial charge is 0.493 e. The summed E-state index contributed by atoms with van der Waals surface area (Å²) >= 11 is 0. The van der Waals surface area contributed by atoms with Crippen molar-refractivity contribution in [3.05, 3.63) is 35.4 Å². The molecule has 0 radical (unpaired) electrons. The first-order chi connectivity index (χ1) is 10.6. The van der Waals surface area contributed by atoms with Crippen molar-refractivity contribution < 1.29 is 23.8 Å². The van der Waals surface area contributed by atoms with E-state index in [2.05, 4.69) is 9.47 Å². The minimum absolute atomic E-state index is 0.196. The molecule has 0 fully saturated rings. The van der Waals surface area contributed by atoms with E-state index in [-0.39, 0.29) is 11.9 Å². The Morgan fingerprint density at radius 1 is 1.14 bits per heavy atom. The number of ether oxygens (including phenoxy) is 3. The Hall–Kier alpha value is -2.30. The van der Waals surface area contributed by atoms with Crippen LogP contribution in [0.3, 0.4) is 0 Å². The third-order valence-corrected chi connectivity index (χ3v) is 3.07. The minimum atomic E-state index is -0.386. The second kappa shape index (κ2) is 9.60. The van der Waals surface area contributed by atoms with Gasteiger partial charge in [-0.3, -0.25) is 4.79 Å². The van der Waals surface area contributed by atoms with Gasteiger partial charge in [-0.2, -0.15) is 0 Å². The molecule has 0 heterocycles. The topological polar surface area (TPSA) is 61.8 Å². The number of hydrogen-bond acceptors (Lipinski definition) is 5. The summed E-state index contributed by atoms with van der Waals surface area (Å²) in [5.74, 6) is 0.217. The van der Waals surface area contributed by atoms with Crippen molar-refractivity contribution in [2.75, 3.05) is 20.8 Å². The molecule has 0 amide bonds. The number of benzene rings is 1. The van der Waals surface area contributed by atoms with Gasteiger partial charge in [-0.05, 0) is 49.1 Å². The lowest BCUT2D eigenvalue weighted by atomic mass is 10.1. The molecule has 0 unspecified atom stereocenters. The molecule has 1 rings (SSSR count). The third-order valence-electron chi connectivity index (χ3n) is 3.07. The first-order valence-electron chi connectivity index (χ1n) is 7.13. The van der Waals surface area contributed by atoms with Crippen LogP contribution in [-0.4, -0.2) is 32.8 Å². The fourth-order valence-corrected chi connectivity index (χ4v) is 1.83. The molecule has 0 aliphatic heterocycles. The van der Waals surface area contributed by atoms with Crippen molar-refractivity contribution >= 4 is 18.0 Å². The van der Waals surface area contributed by atoms with Crippen LogP contribution in [0.5, 0.6) is 5.75 Å². The molecular formula is C17H22O5. The summed E-state index contributed by atoms with van der Waals surface area (Å²) < 4.78 is 14.8. The van der Waals surface area contributed by atoms with E-state index in [0.29, 0.717) is 13.0 Å². The van der Waals surface area contributed by atoms with E-state index in [0.717, 1.165) is 29.7 Å². The zero-order valence-corrected chi connectivity index (χ0v) is 13.3. The van der Waals surface area contributed by atoms with Crippen LogP contribution >= 0.6 is 0 Å². The normalized spacial score (nSPS) is 10.5. The summed E-state index contributed by atoms with van der Waals surface area (Å²) in [5, 5.41) is 0. The average Bonchev–Trinajstić information content (AvgIpc) is 2.53. The lowest BCUT2D eigenvalue weighted by molar-refractivity contribution is -0.140. The second-order valence-corrected chi connectivity index (χ2v) is 4.76. The van der Waals surface area contributed by atoms with Gasteiger partial charge in [0, 0.05) is 12.5 Å². The molecular weight excluding hydrogens is 284 g/mol. The second-order valence-electron chi connectivity index (χ2n) is 4.76. The highest BCUT2D eigenvalue weighted by Gasteiger charge is 2.02. The van der Waals surface area contributed by atoms with Crippen LogP contribution in [0, 0.1) is 6.92 Å². The maximum absolute atomic E-state index is 11.0. The summed E-state index contributed by atoms with van der Waals surface area (Å²) in [4.78, 5) is 22.0. The van der Waals surface area contributed by atoms with Gasteiger partial charge in [0.05, 0.1) is 20.8 Å². The van der Waals surface area contributed by atoms with Gasteiger partial charge >= 0.3 is 11.9 Å². The molecule has 22 heavy (non-hydrogen) atoms. The van der Waals surface area contributed by atoms with Crippen molar-refractivity contribution in [3.8, 4) is 5.75 Å². The Balaban J connectivity index is 2.44. The first kappa shape index (κ1) is 17.8. The Morgan fingerprint density at radius 3 is 2.55 bits per heavy atom. The molecule has 5 heteroatoms. The van der Waals surface area contributed by atoms with Crippen LogP contribution < -0.4 is 4.74 Å². The van der Waals surface area contributed by atoms with E-state index in [1.807, 2.05) is 25.1 Å². The summed E-state index contributed by atoms with van der Waals surface area (Å²) in [7, 11) is 2.73. The van der Waals surface area contributed by atoms with Gasteiger partial charge in [0.2, 0.25) is 0 Å². The van der Waals surface area contributed by atoms with E-state index in [1.165, 1.54) is 20.3 Å². The molecule has 0 aliphatic rings. The molecule has 0 atom stereocenters. The molecule has 0 aliphatic carbocycles. The summed E-state index contributed by atoms with van der Waals surface area (Å²) in [6.45, 7) is 2.49. The monoisotopic (exact) mass is 306 g/mol. The van der Waals surface area contributed by atoms with Crippen LogP contribution in [-0.2, 0) is 19.1 Å². The van der Waals surface area contributed by atoms with Crippen molar-refractivity contribution in [2.45, 2.75) is 26.2 Å². The molecule has 0 spiro atoms. The van der Waals surface area contributed by atoms with Gasteiger partial charge in [-0.15, -0.1) is 0 Å². The van der Waals surface area contributed by atoms with Crippen molar-refractivity contribution in [2.24, 2.45) is 0 Å². The summed E-state index contributed by atoms with van der Waals surface area (Å²) in [5.41, 5.74) is 1.89. The standard InChI is InChI=1S/C17H22O5/c1-13-12-14(8-10-17(19)21-3)7-9-15(13)22-11-5-4-6-16(18)20-2/h7-10,12H,4-6,11H2,1-3H3/b10-8+. The molecule has 5 nitrogen and oxygen atoms in total. The van der Waals surface area contributed by atoms with Gasteiger partial charge in [0.25, 0.3) is 0 Å². The van der Waals surface area contributed by atoms with E-state index in [4.69, 9.17) is 4.74 Å². The van der Waals surface area contributed by atoms with Crippen LogP contribution in [0.15, 0.2) is 24.3 Å². The van der Waals surface area contributed by atoms with Gasteiger partial charge in [0.15, 0.2) is 0 Å². The third kappa shape index (κ3) is 6.43. The van der Waals surface area contributed by atoms with Crippen LogP contribution in [0.2, 0.25) is 0 Å². The van der Waals surface area contributed by atoms with Crippen LogP contribution in [0.25, 0.3) is 6.08 Å². The lowest BCUT2D eigenvalue weighted by Gasteiger charge is -2.09. The maximum Gasteiger partial charge on any atom is 0.330 e. The molecule has 1 aromatic rings. The average molecular weight is 306 g/mol. The number of unbranched alkanes of at least 4 members (excludes halogenated alkanes) is 1. The molecule has 0 aromatic heterocycles. The molecule has 0 N–H and O–H groups in total. The highest BCUT2D eigenvalue weighted by molar-refractivity contribution is 5.86. The zero-order valence-electron chi connectivity index (χ0n) is 13.3. The summed E-state index contributed by atoms with van der Waals surface area (Å²) in [6.07, 6.45) is 5.02. The van der Waals surface area contributed by atoms with Crippen LogP contribution in [0.4, 0.5) is 0 Å².